The summed E-state index contributed by atoms with van der Waals surface area (Å²) in [5.74, 6) is -1.49. The molecule has 1 fully saturated rings. The molecule has 0 spiro atoms. The van der Waals surface area contributed by atoms with Crippen molar-refractivity contribution in [1.29, 1.82) is 0 Å². The number of aromatic amines is 2. The van der Waals surface area contributed by atoms with Crippen LogP contribution < -0.4 is 31.4 Å². The molecule has 1 aromatic heterocycles. The summed E-state index contributed by atoms with van der Waals surface area (Å²) >= 11 is 0.955. The summed E-state index contributed by atoms with van der Waals surface area (Å²) in [6.07, 6.45) is -0.215. The van der Waals surface area contributed by atoms with Gasteiger partial charge in [0.25, 0.3) is 5.56 Å². The molecule has 2 aromatic carbocycles. The number of amidine groups is 1. The molecule has 3 aromatic rings. The highest BCUT2D eigenvalue weighted by Crippen LogP contribution is 2.38. The summed E-state index contributed by atoms with van der Waals surface area (Å²) in [6, 6.07) is 9.57. The summed E-state index contributed by atoms with van der Waals surface area (Å²) < 4.78 is 15.7. The number of methoxy groups -OCH3 is 2. The lowest BCUT2D eigenvalue weighted by Gasteiger charge is -2.18. The van der Waals surface area contributed by atoms with Gasteiger partial charge in [0.1, 0.15) is 28.4 Å². The number of aromatic hydroxyl groups is 1. The van der Waals surface area contributed by atoms with Gasteiger partial charge in [-0.2, -0.15) is 0 Å². The molecule has 15 heteroatoms. The third kappa shape index (κ3) is 6.80. The molecule has 0 saturated carbocycles. The summed E-state index contributed by atoms with van der Waals surface area (Å²) in [6.45, 7) is 1.93. The van der Waals surface area contributed by atoms with Gasteiger partial charge in [-0.25, -0.2) is 14.6 Å². The summed E-state index contributed by atoms with van der Waals surface area (Å²) in [5, 5.41) is 15.0. The second kappa shape index (κ2) is 13.1. The maximum absolute atomic E-state index is 12.8. The molecule has 1 aliphatic heterocycles. The standard InChI is InChI=1S/C27H27N5O9S/c1-4-41-25(37)13-5-7-14(8-6-13)28-19(33)12-18-22(34)32-27(42-18)29-21(20-23(35)30-26(38)31-24(20)36)16-11-15(39-2)9-10-17(16)40-3/h5-11,18,21H,4,12H2,1-3H3,(H,28,33)(H,29,32,34)(H3,30,31,35,36,38)/t18-,21-/m0/s1. The van der Waals surface area contributed by atoms with E-state index in [2.05, 4.69) is 25.6 Å². The van der Waals surface area contributed by atoms with Crippen molar-refractivity contribution in [2.75, 3.05) is 26.1 Å². The van der Waals surface area contributed by atoms with E-state index in [1.54, 1.807) is 31.2 Å². The number of anilines is 1. The van der Waals surface area contributed by atoms with Crippen molar-refractivity contribution in [3.8, 4) is 17.4 Å². The number of aromatic nitrogens is 2. The van der Waals surface area contributed by atoms with Crippen LogP contribution in [0.4, 0.5) is 5.69 Å². The van der Waals surface area contributed by atoms with Crippen LogP contribution in [0, 0.1) is 0 Å². The van der Waals surface area contributed by atoms with Crippen LogP contribution in [0.5, 0.6) is 17.4 Å². The van der Waals surface area contributed by atoms with Gasteiger partial charge in [-0.1, -0.05) is 11.8 Å². The van der Waals surface area contributed by atoms with Gasteiger partial charge in [-0.05, 0) is 49.4 Å². The average molecular weight is 598 g/mol. The summed E-state index contributed by atoms with van der Waals surface area (Å²) in [4.78, 5) is 70.5. The number of nitrogens with one attached hydrogen (secondary N) is 4. The molecule has 0 aliphatic carbocycles. The third-order valence-corrected chi connectivity index (χ3v) is 7.13. The smallest absolute Gasteiger partial charge is 0.338 e. The van der Waals surface area contributed by atoms with Crippen LogP contribution in [-0.2, 0) is 14.3 Å². The number of rotatable bonds is 10. The largest absolute Gasteiger partial charge is 0.497 e. The van der Waals surface area contributed by atoms with E-state index in [4.69, 9.17) is 14.2 Å². The fourth-order valence-electron chi connectivity index (χ4n) is 4.08. The number of ether oxygens (including phenoxy) is 3. The molecular weight excluding hydrogens is 570 g/mol. The number of H-pyrrole nitrogens is 2. The average Bonchev–Trinajstić information content (AvgIpc) is 3.29. The zero-order valence-corrected chi connectivity index (χ0v) is 23.5. The van der Waals surface area contributed by atoms with E-state index in [0.717, 1.165) is 11.8 Å². The monoisotopic (exact) mass is 597 g/mol. The van der Waals surface area contributed by atoms with E-state index in [1.165, 1.54) is 32.4 Å². The van der Waals surface area contributed by atoms with Gasteiger partial charge in [-0.15, -0.1) is 0 Å². The number of nitrogens with zero attached hydrogens (tertiary/aromatic N) is 1. The van der Waals surface area contributed by atoms with Crippen molar-refractivity contribution in [1.82, 2.24) is 15.3 Å². The molecule has 5 N–H and O–H groups in total. The second-order valence-corrected chi connectivity index (χ2v) is 9.95. The Morgan fingerprint density at radius 2 is 1.81 bits per heavy atom. The van der Waals surface area contributed by atoms with Gasteiger partial charge in [0, 0.05) is 17.7 Å². The molecule has 0 bridgehead atoms. The van der Waals surface area contributed by atoms with Crippen LogP contribution in [0.15, 0.2) is 57.0 Å². The molecule has 0 unspecified atom stereocenters. The van der Waals surface area contributed by atoms with Gasteiger partial charge in [0.05, 0.1) is 26.4 Å². The predicted molar refractivity (Wildman–Crippen MR) is 153 cm³/mol. The van der Waals surface area contributed by atoms with Crippen LogP contribution in [0.25, 0.3) is 0 Å². The number of aliphatic imine (C=N–C) groups is 1. The van der Waals surface area contributed by atoms with Gasteiger partial charge in [-0.3, -0.25) is 24.4 Å². The zero-order valence-electron chi connectivity index (χ0n) is 22.7. The number of benzene rings is 2. The highest BCUT2D eigenvalue weighted by molar-refractivity contribution is 8.15. The van der Waals surface area contributed by atoms with Crippen molar-refractivity contribution in [3.05, 3.63) is 80.0 Å². The van der Waals surface area contributed by atoms with Crippen molar-refractivity contribution in [2.45, 2.75) is 24.6 Å². The Hall–Kier alpha value is -5.05. The molecule has 2 heterocycles. The van der Waals surface area contributed by atoms with E-state index >= 15 is 0 Å². The summed E-state index contributed by atoms with van der Waals surface area (Å²) in [5.41, 5.74) is -1.10. The Balaban J connectivity index is 1.58. The van der Waals surface area contributed by atoms with Crippen LogP contribution in [-0.4, -0.2) is 64.1 Å². The number of thioether (sulfide) groups is 1. The first-order valence-corrected chi connectivity index (χ1v) is 13.4. The molecular formula is C27H27N5O9S. The minimum Gasteiger partial charge on any atom is -0.497 e. The lowest BCUT2D eigenvalue weighted by atomic mass is 9.99. The number of hydrogen-bond acceptors (Lipinski definition) is 11. The third-order valence-electron chi connectivity index (χ3n) is 6.04. The minimum absolute atomic E-state index is 0.0662. The van der Waals surface area contributed by atoms with Gasteiger partial charge < -0.3 is 30.0 Å². The fourth-order valence-corrected chi connectivity index (χ4v) is 5.08. The number of amides is 2. The number of esters is 1. The summed E-state index contributed by atoms with van der Waals surface area (Å²) in [7, 11) is 2.84. The molecule has 1 saturated heterocycles. The van der Waals surface area contributed by atoms with E-state index in [9.17, 15) is 29.1 Å². The Bertz CT molecular complexity index is 1650. The Kier molecular flexibility index (Phi) is 9.32. The maximum atomic E-state index is 12.8. The number of carbonyl (C=O) groups excluding carboxylic acids is 3. The molecule has 0 radical (unpaired) electrons. The van der Waals surface area contributed by atoms with Crippen LogP contribution >= 0.6 is 11.8 Å². The first-order chi connectivity index (χ1) is 20.1. The van der Waals surface area contributed by atoms with E-state index in [-0.39, 0.29) is 29.5 Å². The Morgan fingerprint density at radius 1 is 1.07 bits per heavy atom. The zero-order chi connectivity index (χ0) is 30.4. The highest BCUT2D eigenvalue weighted by atomic mass is 32.2. The topological polar surface area (TPSA) is 201 Å². The van der Waals surface area contributed by atoms with E-state index in [0.29, 0.717) is 22.6 Å². The second-order valence-electron chi connectivity index (χ2n) is 8.76. The molecule has 1 aliphatic rings. The van der Waals surface area contributed by atoms with Crippen molar-refractivity contribution in [2.24, 2.45) is 4.99 Å². The van der Waals surface area contributed by atoms with Gasteiger partial charge in [0.15, 0.2) is 5.17 Å². The van der Waals surface area contributed by atoms with Crippen LogP contribution in [0.3, 0.4) is 0 Å². The predicted octanol–water partition coefficient (Wildman–Crippen LogP) is 1.67. The Labute approximate surface area is 242 Å². The quantitative estimate of drug-likeness (QED) is 0.214. The molecule has 2 atom stereocenters. The first-order valence-electron chi connectivity index (χ1n) is 12.5. The molecule has 220 valence electrons. The number of carbonyl (C=O) groups is 3. The van der Waals surface area contributed by atoms with Gasteiger partial charge in [0.2, 0.25) is 17.7 Å². The first kappa shape index (κ1) is 29.9. The fraction of sp³-hybridized carbons (Fsp3) is 0.259. The number of hydrogen-bond donors (Lipinski definition) is 5. The van der Waals surface area contributed by atoms with Crippen molar-refractivity contribution >= 4 is 40.4 Å². The van der Waals surface area contributed by atoms with Gasteiger partial charge >= 0.3 is 11.7 Å². The van der Waals surface area contributed by atoms with E-state index < -0.39 is 46.2 Å². The normalized spacial score (nSPS) is 16.0. The van der Waals surface area contributed by atoms with Crippen LogP contribution in [0.1, 0.15) is 40.9 Å². The molecule has 4 rings (SSSR count). The van der Waals surface area contributed by atoms with Crippen molar-refractivity contribution < 1.29 is 33.7 Å². The lowest BCUT2D eigenvalue weighted by Crippen LogP contribution is -2.29. The SMILES string of the molecule is CCOC(=O)c1ccc(NC(=O)C[C@@H]2SC(=N[C@@H](c3cc(OC)ccc3OC)c3c(O)[nH]c(=O)[nH]c3=O)NC2=O)cc1. The minimum atomic E-state index is -1.26. The molecule has 42 heavy (non-hydrogen) atoms. The van der Waals surface area contributed by atoms with Crippen LogP contribution in [0.2, 0.25) is 0 Å². The Morgan fingerprint density at radius 3 is 2.45 bits per heavy atom. The van der Waals surface area contributed by atoms with E-state index in [1.807, 2.05) is 0 Å². The highest BCUT2D eigenvalue weighted by Gasteiger charge is 2.34. The molecule has 2 amide bonds. The van der Waals surface area contributed by atoms with Crippen molar-refractivity contribution in [3.63, 3.8) is 0 Å². The lowest BCUT2D eigenvalue weighted by molar-refractivity contribution is -0.122. The molecule has 14 nitrogen and oxygen atoms in total. The maximum Gasteiger partial charge on any atom is 0.338 e.